The fourth-order valence-electron chi connectivity index (χ4n) is 4.92. The van der Waals surface area contributed by atoms with Crippen LogP contribution < -0.4 is 14.4 Å². The van der Waals surface area contributed by atoms with Crippen molar-refractivity contribution in [2.24, 2.45) is 5.92 Å². The van der Waals surface area contributed by atoms with Crippen LogP contribution in [0.4, 0.5) is 15.8 Å². The third kappa shape index (κ3) is 10.1. The standard InChI is InChI=1S/C33H33ClN4O2.C6H4FNO2/c1-24(2)22-33-36-32(25-4-10-30(11-5-25)40-31-12-6-26(34)7-13-31)23-38(33)28-8-14-29(15-9-28)39-21-20-37(3)27-16-18-35-19-17-27;7-5-1-3-6(4-2-5)8(9)10/h4-19,23-24H,20-22H2,1-3H3;1-4H. The van der Waals surface area contributed by atoms with Gasteiger partial charge in [0, 0.05) is 66.2 Å². The Morgan fingerprint density at radius 2 is 1.46 bits per heavy atom. The molecule has 0 aliphatic heterocycles. The van der Waals surface area contributed by atoms with E-state index in [0.717, 1.165) is 82.9 Å². The van der Waals surface area contributed by atoms with E-state index in [2.05, 4.69) is 53.7 Å². The van der Waals surface area contributed by atoms with Gasteiger partial charge in [-0.05, 0) is 103 Å². The van der Waals surface area contributed by atoms with Gasteiger partial charge in [-0.1, -0.05) is 25.4 Å². The maximum atomic E-state index is 12.1. The van der Waals surface area contributed by atoms with Gasteiger partial charge in [0.15, 0.2) is 0 Å². The number of ether oxygens (including phenoxy) is 2. The topological polar surface area (TPSA) is 95.6 Å². The van der Waals surface area contributed by atoms with Crippen LogP contribution in [0.3, 0.4) is 0 Å². The molecule has 0 fully saturated rings. The molecule has 0 atom stereocenters. The second-order valence-electron chi connectivity index (χ2n) is 11.8. The number of nitro groups is 1. The highest BCUT2D eigenvalue weighted by atomic mass is 35.5. The first kappa shape index (κ1) is 35.6. The molecule has 4 aromatic carbocycles. The van der Waals surface area contributed by atoms with E-state index in [1.54, 1.807) is 12.4 Å². The predicted molar refractivity (Wildman–Crippen MR) is 195 cm³/mol. The van der Waals surface area contributed by atoms with Gasteiger partial charge in [-0.2, -0.15) is 0 Å². The fourth-order valence-corrected chi connectivity index (χ4v) is 5.04. The third-order valence-corrected chi connectivity index (χ3v) is 7.77. The predicted octanol–water partition coefficient (Wildman–Crippen LogP) is 9.83. The minimum absolute atomic E-state index is 0.0959. The highest BCUT2D eigenvalue weighted by Gasteiger charge is 2.14. The molecular formula is C39H37ClFN5O4. The van der Waals surface area contributed by atoms with E-state index in [9.17, 15) is 14.5 Å². The molecule has 6 rings (SSSR count). The van der Waals surface area contributed by atoms with Crippen molar-refractivity contribution in [3.63, 3.8) is 0 Å². The van der Waals surface area contributed by atoms with Crippen molar-refractivity contribution >= 4 is 23.0 Å². The minimum atomic E-state index is -0.570. The first-order chi connectivity index (χ1) is 24.1. The summed E-state index contributed by atoms with van der Waals surface area (Å²) in [4.78, 5) is 20.7. The van der Waals surface area contributed by atoms with Gasteiger partial charge in [0.25, 0.3) is 5.69 Å². The molecule has 11 heteroatoms. The molecule has 0 saturated heterocycles. The van der Waals surface area contributed by atoms with Gasteiger partial charge in [0.1, 0.15) is 35.5 Å². The molecule has 0 aliphatic rings. The average Bonchev–Trinajstić information content (AvgIpc) is 3.53. The number of hydrogen-bond donors (Lipinski definition) is 0. The number of rotatable bonds is 12. The van der Waals surface area contributed by atoms with Crippen LogP contribution in [0.25, 0.3) is 16.9 Å². The zero-order valence-electron chi connectivity index (χ0n) is 27.9. The Kier molecular flexibility index (Phi) is 12.1. The Balaban J connectivity index is 0.000000418. The van der Waals surface area contributed by atoms with E-state index in [1.165, 1.54) is 0 Å². The average molecular weight is 694 g/mol. The molecule has 0 bridgehead atoms. The molecule has 0 N–H and O–H groups in total. The number of imidazole rings is 1. The van der Waals surface area contributed by atoms with Crippen LogP contribution in [-0.2, 0) is 6.42 Å². The van der Waals surface area contributed by atoms with Gasteiger partial charge < -0.3 is 18.9 Å². The molecular weight excluding hydrogens is 657 g/mol. The van der Waals surface area contributed by atoms with Gasteiger partial charge in [-0.3, -0.25) is 15.1 Å². The first-order valence-corrected chi connectivity index (χ1v) is 16.4. The summed E-state index contributed by atoms with van der Waals surface area (Å²) in [5.74, 6) is 3.38. The molecule has 0 saturated carbocycles. The summed E-state index contributed by atoms with van der Waals surface area (Å²) in [6.07, 6.45) is 6.57. The van der Waals surface area contributed by atoms with Gasteiger partial charge in [0.2, 0.25) is 0 Å². The van der Waals surface area contributed by atoms with Crippen molar-refractivity contribution in [1.82, 2.24) is 14.5 Å². The monoisotopic (exact) mass is 693 g/mol. The van der Waals surface area contributed by atoms with Crippen molar-refractivity contribution in [3.05, 3.63) is 155 Å². The summed E-state index contributed by atoms with van der Waals surface area (Å²) in [5, 5.41) is 10.7. The molecule has 0 aliphatic carbocycles. The molecule has 50 heavy (non-hydrogen) atoms. The molecule has 256 valence electrons. The zero-order chi connectivity index (χ0) is 35.5. The van der Waals surface area contributed by atoms with Crippen LogP contribution in [0.2, 0.25) is 5.02 Å². The number of halogens is 2. The number of benzene rings is 4. The first-order valence-electron chi connectivity index (χ1n) is 16.0. The van der Waals surface area contributed by atoms with Crippen molar-refractivity contribution in [2.75, 3.05) is 25.1 Å². The number of anilines is 1. The number of pyridine rings is 1. The van der Waals surface area contributed by atoms with Crippen molar-refractivity contribution < 1.29 is 18.8 Å². The number of nitro benzene ring substituents is 1. The van der Waals surface area contributed by atoms with Crippen LogP contribution in [0.5, 0.6) is 17.2 Å². The van der Waals surface area contributed by atoms with E-state index < -0.39 is 10.7 Å². The molecule has 2 aromatic heterocycles. The summed E-state index contributed by atoms with van der Waals surface area (Å²) in [5.41, 5.74) is 4.03. The Bertz CT molecular complexity index is 1950. The van der Waals surface area contributed by atoms with E-state index in [4.69, 9.17) is 26.1 Å². The van der Waals surface area contributed by atoms with Crippen LogP contribution in [0.1, 0.15) is 19.7 Å². The second-order valence-corrected chi connectivity index (χ2v) is 12.2. The molecule has 0 unspecified atom stereocenters. The fraction of sp³-hybridized carbons (Fsp3) is 0.179. The molecule has 6 aromatic rings. The highest BCUT2D eigenvalue weighted by Crippen LogP contribution is 2.28. The summed E-state index contributed by atoms with van der Waals surface area (Å²) < 4.78 is 26.3. The number of nitrogens with zero attached hydrogens (tertiary/aromatic N) is 5. The molecule has 0 spiro atoms. The van der Waals surface area contributed by atoms with Crippen LogP contribution in [0.15, 0.2) is 128 Å². The highest BCUT2D eigenvalue weighted by molar-refractivity contribution is 6.30. The molecule has 9 nitrogen and oxygen atoms in total. The zero-order valence-corrected chi connectivity index (χ0v) is 28.7. The maximum absolute atomic E-state index is 12.1. The van der Waals surface area contributed by atoms with Crippen molar-refractivity contribution in [1.29, 1.82) is 0 Å². The smallest absolute Gasteiger partial charge is 0.269 e. The SMILES string of the molecule is CC(C)Cc1nc(-c2ccc(Oc3ccc(Cl)cc3)cc2)cn1-c1ccc(OCCN(C)c2ccncc2)cc1.O=[N+]([O-])c1ccc(F)cc1. The quantitative estimate of drug-likeness (QED) is 0.0930. The van der Waals surface area contributed by atoms with E-state index in [1.807, 2.05) is 72.8 Å². The normalized spacial score (nSPS) is 10.7. The Hall–Kier alpha value is -5.74. The Labute approximate surface area is 295 Å². The third-order valence-electron chi connectivity index (χ3n) is 7.52. The van der Waals surface area contributed by atoms with Crippen LogP contribution >= 0.6 is 11.6 Å². The summed E-state index contributed by atoms with van der Waals surface area (Å²) in [6, 6.07) is 31.9. The maximum Gasteiger partial charge on any atom is 0.269 e. The van der Waals surface area contributed by atoms with E-state index >= 15 is 0 Å². The van der Waals surface area contributed by atoms with E-state index in [-0.39, 0.29) is 5.69 Å². The van der Waals surface area contributed by atoms with Crippen molar-refractivity contribution in [2.45, 2.75) is 20.3 Å². The van der Waals surface area contributed by atoms with Gasteiger partial charge in [-0.15, -0.1) is 0 Å². The Morgan fingerprint density at radius 3 is 2.06 bits per heavy atom. The summed E-state index contributed by atoms with van der Waals surface area (Å²) in [7, 11) is 2.05. The molecule has 0 radical (unpaired) electrons. The molecule has 0 amide bonds. The number of hydrogen-bond acceptors (Lipinski definition) is 7. The Morgan fingerprint density at radius 1 is 0.860 bits per heavy atom. The van der Waals surface area contributed by atoms with Crippen molar-refractivity contribution in [3.8, 4) is 34.2 Å². The van der Waals surface area contributed by atoms with E-state index in [0.29, 0.717) is 17.5 Å². The lowest BCUT2D eigenvalue weighted by atomic mass is 10.1. The summed E-state index contributed by atoms with van der Waals surface area (Å²) in [6.45, 7) is 5.78. The lowest BCUT2D eigenvalue weighted by Gasteiger charge is -2.19. The summed E-state index contributed by atoms with van der Waals surface area (Å²) >= 11 is 5.98. The van der Waals surface area contributed by atoms with Crippen LogP contribution in [0, 0.1) is 21.8 Å². The van der Waals surface area contributed by atoms with Gasteiger partial charge >= 0.3 is 0 Å². The minimum Gasteiger partial charge on any atom is -0.492 e. The largest absolute Gasteiger partial charge is 0.492 e. The van der Waals surface area contributed by atoms with Gasteiger partial charge in [0.05, 0.1) is 17.2 Å². The van der Waals surface area contributed by atoms with Gasteiger partial charge in [-0.25, -0.2) is 9.37 Å². The number of non-ortho nitro benzene ring substituents is 1. The molecule has 2 heterocycles. The lowest BCUT2D eigenvalue weighted by molar-refractivity contribution is -0.384. The van der Waals surface area contributed by atoms with Crippen LogP contribution in [-0.4, -0.2) is 39.7 Å². The lowest BCUT2D eigenvalue weighted by Crippen LogP contribution is -2.23. The number of aromatic nitrogens is 3. The number of likely N-dealkylation sites (N-methyl/N-ethyl adjacent to an activating group) is 1. The second kappa shape index (κ2) is 17.1.